The van der Waals surface area contributed by atoms with E-state index in [1.165, 1.54) is 10.9 Å². The molecular weight excluding hydrogens is 362 g/mol. The Morgan fingerprint density at radius 3 is 2.46 bits per heavy atom. The second-order valence-corrected chi connectivity index (χ2v) is 6.23. The second kappa shape index (κ2) is 11.0. The van der Waals surface area contributed by atoms with Gasteiger partial charge in [-0.25, -0.2) is 14.6 Å². The molecule has 1 aliphatic heterocycles. The number of nitrogens with zero attached hydrogens (tertiary/aromatic N) is 2. The number of nitrogens with one attached hydrogen (secondary N) is 1. The molecule has 0 radical (unpaired) electrons. The lowest BCUT2D eigenvalue weighted by molar-refractivity contribution is -0.134. The molecule has 0 unspecified atom stereocenters. The van der Waals surface area contributed by atoms with Crippen molar-refractivity contribution in [2.24, 2.45) is 0 Å². The molecule has 3 rings (SSSR count). The zero-order chi connectivity index (χ0) is 20.4. The number of carboxylic acids is 2. The van der Waals surface area contributed by atoms with Crippen LogP contribution in [0.15, 0.2) is 42.5 Å². The normalized spacial score (nSPS) is 14.5. The predicted octanol–water partition coefficient (Wildman–Crippen LogP) is 2.00. The highest BCUT2D eigenvalue weighted by Gasteiger charge is 2.09. The van der Waals surface area contributed by atoms with Crippen LogP contribution >= 0.6 is 0 Å². The molecule has 1 aromatic carbocycles. The average molecular weight is 387 g/mol. The monoisotopic (exact) mass is 387 g/mol. The van der Waals surface area contributed by atoms with Crippen LogP contribution in [0.2, 0.25) is 0 Å². The van der Waals surface area contributed by atoms with E-state index in [1.54, 1.807) is 0 Å². The summed E-state index contributed by atoms with van der Waals surface area (Å²) in [7, 11) is 0. The van der Waals surface area contributed by atoms with E-state index >= 15 is 0 Å². The van der Waals surface area contributed by atoms with Gasteiger partial charge in [-0.05, 0) is 24.6 Å². The van der Waals surface area contributed by atoms with Gasteiger partial charge < -0.3 is 20.3 Å². The lowest BCUT2D eigenvalue weighted by Crippen LogP contribution is -2.39. The maximum atomic E-state index is 9.55. The molecule has 3 N–H and O–H groups in total. The number of fused-ring (bicyclic) bond motifs is 1. The first-order valence-corrected chi connectivity index (χ1v) is 9.00. The van der Waals surface area contributed by atoms with Gasteiger partial charge in [0.25, 0.3) is 0 Å². The second-order valence-electron chi connectivity index (χ2n) is 6.23. The minimum absolute atomic E-state index is 0.558. The van der Waals surface area contributed by atoms with Crippen molar-refractivity contribution in [2.45, 2.75) is 6.92 Å². The van der Waals surface area contributed by atoms with Crippen molar-refractivity contribution in [2.75, 3.05) is 44.7 Å². The number of benzene rings is 1. The first kappa shape index (κ1) is 21.3. The summed E-state index contributed by atoms with van der Waals surface area (Å²) in [6, 6.07) is 10.4. The fourth-order valence-electron chi connectivity index (χ4n) is 2.75. The number of anilines is 1. The molecule has 150 valence electrons. The van der Waals surface area contributed by atoms with E-state index in [0.29, 0.717) is 12.2 Å². The third-order valence-electron chi connectivity index (χ3n) is 4.13. The minimum Gasteiger partial charge on any atom is -0.478 e. The number of aromatic nitrogens is 1. The lowest BCUT2D eigenvalue weighted by atomic mass is 10.1. The molecule has 28 heavy (non-hydrogen) atoms. The third-order valence-corrected chi connectivity index (χ3v) is 4.13. The van der Waals surface area contributed by atoms with Crippen LogP contribution < -0.4 is 5.32 Å². The van der Waals surface area contributed by atoms with Crippen molar-refractivity contribution in [3.05, 3.63) is 48.0 Å². The van der Waals surface area contributed by atoms with Crippen molar-refractivity contribution in [1.29, 1.82) is 0 Å². The van der Waals surface area contributed by atoms with Crippen LogP contribution in [0.4, 0.5) is 5.82 Å². The van der Waals surface area contributed by atoms with Crippen molar-refractivity contribution in [3.63, 3.8) is 0 Å². The molecule has 0 amide bonds. The number of ether oxygens (including phenoxy) is 1. The Bertz CT molecular complexity index is 816. The summed E-state index contributed by atoms with van der Waals surface area (Å²) in [5.41, 5.74) is 2.32. The van der Waals surface area contributed by atoms with Gasteiger partial charge in [-0.15, -0.1) is 0 Å². The largest absolute Gasteiger partial charge is 0.478 e. The van der Waals surface area contributed by atoms with Crippen LogP contribution in [0, 0.1) is 6.92 Å². The summed E-state index contributed by atoms with van der Waals surface area (Å²) in [6.45, 7) is 7.87. The Labute approximate surface area is 163 Å². The molecule has 0 atom stereocenters. The molecule has 2 heterocycles. The van der Waals surface area contributed by atoms with Gasteiger partial charge >= 0.3 is 11.9 Å². The highest BCUT2D eigenvalue weighted by Crippen LogP contribution is 2.19. The number of hydrogen-bond donors (Lipinski definition) is 3. The molecule has 1 aromatic heterocycles. The molecular formula is C20H25N3O5. The number of carbonyl (C=O) groups is 2. The number of carboxylic acid groups (broad SMARTS) is 2. The van der Waals surface area contributed by atoms with Crippen LogP contribution in [0.3, 0.4) is 0 Å². The maximum absolute atomic E-state index is 9.55. The molecule has 0 bridgehead atoms. The van der Waals surface area contributed by atoms with Crippen LogP contribution in [-0.2, 0) is 14.3 Å². The maximum Gasteiger partial charge on any atom is 0.328 e. The quantitative estimate of drug-likeness (QED) is 0.645. The summed E-state index contributed by atoms with van der Waals surface area (Å²) in [4.78, 5) is 26.2. The van der Waals surface area contributed by atoms with Crippen molar-refractivity contribution in [3.8, 4) is 0 Å². The summed E-state index contributed by atoms with van der Waals surface area (Å²) in [6.07, 6.45) is 1.12. The minimum atomic E-state index is -1.26. The number of aryl methyl sites for hydroxylation is 1. The van der Waals surface area contributed by atoms with Crippen LogP contribution in [0.1, 0.15) is 5.56 Å². The summed E-state index contributed by atoms with van der Waals surface area (Å²) in [5, 5.41) is 20.3. The Kier molecular flexibility index (Phi) is 8.38. The third kappa shape index (κ3) is 7.34. The fraction of sp³-hybridized carbons (Fsp3) is 0.350. The van der Waals surface area contributed by atoms with E-state index in [-0.39, 0.29) is 0 Å². The van der Waals surface area contributed by atoms with Gasteiger partial charge in [-0.1, -0.05) is 18.2 Å². The highest BCUT2D eigenvalue weighted by molar-refractivity contribution is 5.89. The molecule has 2 aromatic rings. The topological polar surface area (TPSA) is 112 Å². The van der Waals surface area contributed by atoms with E-state index < -0.39 is 11.9 Å². The molecule has 0 aliphatic carbocycles. The molecule has 1 aliphatic rings. The van der Waals surface area contributed by atoms with E-state index in [2.05, 4.69) is 46.4 Å². The van der Waals surface area contributed by atoms with Crippen molar-refractivity contribution < 1.29 is 24.5 Å². The van der Waals surface area contributed by atoms with Crippen molar-refractivity contribution in [1.82, 2.24) is 9.88 Å². The lowest BCUT2D eigenvalue weighted by Gasteiger charge is -2.26. The first-order chi connectivity index (χ1) is 13.5. The Balaban J connectivity index is 0.000000300. The van der Waals surface area contributed by atoms with E-state index in [0.717, 1.165) is 50.7 Å². The number of morpholine rings is 1. The van der Waals surface area contributed by atoms with Crippen LogP contribution in [0.5, 0.6) is 0 Å². The van der Waals surface area contributed by atoms with Crippen LogP contribution in [-0.4, -0.2) is 71.4 Å². The molecule has 1 saturated heterocycles. The SMILES string of the molecule is Cc1cc(NCCN2CCOCC2)nc2ccccc12.O=C(O)/C=C/C(=O)O. The Morgan fingerprint density at radius 2 is 1.82 bits per heavy atom. The molecule has 1 fully saturated rings. The van der Waals surface area contributed by atoms with Gasteiger partial charge in [0.05, 0.1) is 18.7 Å². The number of pyridine rings is 1. The van der Waals surface area contributed by atoms with E-state index in [9.17, 15) is 9.59 Å². The van der Waals surface area contributed by atoms with Gasteiger partial charge in [0.1, 0.15) is 5.82 Å². The molecule has 8 nitrogen and oxygen atoms in total. The van der Waals surface area contributed by atoms with E-state index in [1.807, 2.05) is 6.07 Å². The number of para-hydroxylation sites is 1. The number of rotatable bonds is 6. The molecule has 0 saturated carbocycles. The average Bonchev–Trinajstić information content (AvgIpc) is 2.68. The molecule has 8 heteroatoms. The smallest absolute Gasteiger partial charge is 0.328 e. The Morgan fingerprint density at radius 1 is 1.18 bits per heavy atom. The fourth-order valence-corrected chi connectivity index (χ4v) is 2.75. The first-order valence-electron chi connectivity index (χ1n) is 9.00. The summed E-state index contributed by atoms with van der Waals surface area (Å²) in [5.74, 6) is -1.55. The van der Waals surface area contributed by atoms with Gasteiger partial charge in [-0.3, -0.25) is 4.90 Å². The standard InChI is InChI=1S/C16H21N3O.C4H4O4/c1-13-12-16(18-15-5-3-2-4-14(13)15)17-6-7-19-8-10-20-11-9-19;5-3(6)1-2-4(7)8/h2-5,12H,6-11H2,1H3,(H,17,18);1-2H,(H,5,6)(H,7,8)/b;2-1+. The Hall–Kier alpha value is -2.97. The van der Waals surface area contributed by atoms with Gasteiger partial charge in [0, 0.05) is 43.7 Å². The van der Waals surface area contributed by atoms with Crippen LogP contribution in [0.25, 0.3) is 10.9 Å². The predicted molar refractivity (Wildman–Crippen MR) is 107 cm³/mol. The van der Waals surface area contributed by atoms with Crippen molar-refractivity contribution >= 4 is 28.7 Å². The summed E-state index contributed by atoms with van der Waals surface area (Å²) < 4.78 is 5.35. The number of hydrogen-bond acceptors (Lipinski definition) is 6. The van der Waals surface area contributed by atoms with Gasteiger partial charge in [0.15, 0.2) is 0 Å². The zero-order valence-electron chi connectivity index (χ0n) is 15.8. The van der Waals surface area contributed by atoms with Gasteiger partial charge in [-0.2, -0.15) is 0 Å². The zero-order valence-corrected chi connectivity index (χ0v) is 15.8. The molecule has 0 spiro atoms. The highest BCUT2D eigenvalue weighted by atomic mass is 16.5. The van der Waals surface area contributed by atoms with Gasteiger partial charge in [0.2, 0.25) is 0 Å². The number of aliphatic carboxylic acids is 2. The van der Waals surface area contributed by atoms with E-state index in [4.69, 9.17) is 14.9 Å². The summed E-state index contributed by atoms with van der Waals surface area (Å²) >= 11 is 0.